The molecule has 0 heterocycles. The Morgan fingerprint density at radius 1 is 1.00 bits per heavy atom. The van der Waals surface area contributed by atoms with Crippen molar-refractivity contribution in [1.82, 2.24) is 10.2 Å². The highest BCUT2D eigenvalue weighted by atomic mass is 16.5. The van der Waals surface area contributed by atoms with E-state index in [-0.39, 0.29) is 25.0 Å². The van der Waals surface area contributed by atoms with E-state index in [1.54, 1.807) is 32.2 Å². The van der Waals surface area contributed by atoms with Gasteiger partial charge in [0.15, 0.2) is 18.1 Å². The maximum atomic E-state index is 13.1. The number of carbonyl (C=O) groups is 2. The van der Waals surface area contributed by atoms with Gasteiger partial charge >= 0.3 is 0 Å². The quantitative estimate of drug-likeness (QED) is 0.662. The molecule has 0 aliphatic heterocycles. The number of rotatable bonds is 9. The number of benzene rings is 2. The van der Waals surface area contributed by atoms with Crippen molar-refractivity contribution in [1.29, 1.82) is 0 Å². The molecule has 2 aromatic rings. The van der Waals surface area contributed by atoms with Crippen LogP contribution in [0, 0.1) is 0 Å². The highest BCUT2D eigenvalue weighted by Crippen LogP contribution is 2.26. The topological polar surface area (TPSA) is 77.1 Å². The van der Waals surface area contributed by atoms with Gasteiger partial charge in [-0.15, -0.1) is 0 Å². The second-order valence-corrected chi connectivity index (χ2v) is 8.23. The molecule has 0 saturated carbocycles. The van der Waals surface area contributed by atoms with Gasteiger partial charge < -0.3 is 24.4 Å². The van der Waals surface area contributed by atoms with Crippen molar-refractivity contribution in [3.63, 3.8) is 0 Å². The number of nitrogens with zero attached hydrogens (tertiary/aromatic N) is 1. The second-order valence-electron chi connectivity index (χ2n) is 8.23. The summed E-state index contributed by atoms with van der Waals surface area (Å²) in [5.74, 6) is 1.13. The Labute approximate surface area is 184 Å². The monoisotopic (exact) mass is 428 g/mol. The van der Waals surface area contributed by atoms with Crippen LogP contribution in [0.2, 0.25) is 0 Å². The van der Waals surface area contributed by atoms with Gasteiger partial charge in [-0.3, -0.25) is 9.59 Å². The maximum absolute atomic E-state index is 13.1. The van der Waals surface area contributed by atoms with Crippen LogP contribution >= 0.6 is 0 Å². The number of methoxy groups -OCH3 is 2. The first-order valence-electron chi connectivity index (χ1n) is 10.1. The molecule has 0 aromatic heterocycles. The lowest BCUT2D eigenvalue weighted by atomic mass is 10.1. The minimum atomic E-state index is -0.695. The van der Waals surface area contributed by atoms with Gasteiger partial charge in [-0.25, -0.2) is 0 Å². The highest BCUT2D eigenvalue weighted by molar-refractivity contribution is 5.88. The minimum Gasteiger partial charge on any atom is -0.497 e. The fraction of sp³-hybridized carbons (Fsp3) is 0.417. The van der Waals surface area contributed by atoms with Crippen LogP contribution in [0.3, 0.4) is 0 Å². The van der Waals surface area contributed by atoms with E-state index in [2.05, 4.69) is 5.32 Å². The zero-order valence-corrected chi connectivity index (χ0v) is 19.1. The lowest BCUT2D eigenvalue weighted by Crippen LogP contribution is -2.53. The fourth-order valence-corrected chi connectivity index (χ4v) is 2.98. The van der Waals surface area contributed by atoms with Gasteiger partial charge in [0.1, 0.15) is 11.8 Å². The van der Waals surface area contributed by atoms with Crippen molar-refractivity contribution in [2.45, 2.75) is 45.8 Å². The van der Waals surface area contributed by atoms with Crippen molar-refractivity contribution in [2.75, 3.05) is 20.8 Å². The van der Waals surface area contributed by atoms with Crippen molar-refractivity contribution >= 4 is 11.8 Å². The summed E-state index contributed by atoms with van der Waals surface area (Å²) in [6.45, 7) is 7.42. The van der Waals surface area contributed by atoms with Gasteiger partial charge in [0, 0.05) is 12.1 Å². The van der Waals surface area contributed by atoms with Crippen LogP contribution in [0.4, 0.5) is 0 Å². The first kappa shape index (κ1) is 24.1. The Kier molecular flexibility index (Phi) is 8.30. The SMILES string of the molecule is COc1cccc(CN(C(=O)COc2ccccc2OC)[C@H](C)C(=O)NC(C)(C)C)c1. The van der Waals surface area contributed by atoms with Crippen LogP contribution in [-0.2, 0) is 16.1 Å². The summed E-state index contributed by atoms with van der Waals surface area (Å²) in [6.07, 6.45) is 0. The largest absolute Gasteiger partial charge is 0.497 e. The van der Waals surface area contributed by atoms with E-state index < -0.39 is 11.6 Å². The highest BCUT2D eigenvalue weighted by Gasteiger charge is 2.29. The molecule has 7 nitrogen and oxygen atoms in total. The molecule has 0 fully saturated rings. The summed E-state index contributed by atoms with van der Waals surface area (Å²) in [6, 6.07) is 13.8. The Morgan fingerprint density at radius 3 is 2.29 bits per heavy atom. The number of carbonyl (C=O) groups excluding carboxylic acids is 2. The van der Waals surface area contributed by atoms with E-state index in [9.17, 15) is 9.59 Å². The average molecular weight is 429 g/mol. The molecule has 1 atom stereocenters. The standard InChI is InChI=1S/C24H32N2O5/c1-17(23(28)25-24(2,3)4)26(15-18-10-9-11-19(14-18)29-5)22(27)16-31-21-13-8-7-12-20(21)30-6/h7-14,17H,15-16H2,1-6H3,(H,25,28)/t17-/m1/s1. The van der Waals surface area contributed by atoms with Crippen LogP contribution < -0.4 is 19.5 Å². The minimum absolute atomic E-state index is 0.225. The number of amides is 2. The molecule has 1 N–H and O–H groups in total. The molecular formula is C24H32N2O5. The van der Waals surface area contributed by atoms with Crippen LogP contribution in [-0.4, -0.2) is 49.1 Å². The fourth-order valence-electron chi connectivity index (χ4n) is 2.98. The van der Waals surface area contributed by atoms with E-state index in [0.717, 1.165) is 5.56 Å². The summed E-state index contributed by atoms with van der Waals surface area (Å²) in [5.41, 5.74) is 0.435. The molecule has 0 spiro atoms. The molecular weight excluding hydrogens is 396 g/mol. The molecule has 0 aliphatic carbocycles. The predicted molar refractivity (Wildman–Crippen MR) is 119 cm³/mol. The van der Waals surface area contributed by atoms with Gasteiger partial charge in [-0.05, 0) is 57.5 Å². The summed E-state index contributed by atoms with van der Waals surface area (Å²) >= 11 is 0. The van der Waals surface area contributed by atoms with Crippen LogP contribution in [0.5, 0.6) is 17.2 Å². The summed E-state index contributed by atoms with van der Waals surface area (Å²) in [4.78, 5) is 27.4. The molecule has 168 valence electrons. The van der Waals surface area contributed by atoms with E-state index in [0.29, 0.717) is 17.2 Å². The van der Waals surface area contributed by atoms with Crippen LogP contribution in [0.1, 0.15) is 33.3 Å². The van der Waals surface area contributed by atoms with E-state index >= 15 is 0 Å². The third kappa shape index (κ3) is 7.20. The zero-order valence-electron chi connectivity index (χ0n) is 19.1. The number of hydrogen-bond acceptors (Lipinski definition) is 5. The van der Waals surface area contributed by atoms with E-state index in [1.807, 2.05) is 51.1 Å². The molecule has 0 unspecified atom stereocenters. The van der Waals surface area contributed by atoms with Crippen LogP contribution in [0.25, 0.3) is 0 Å². The molecule has 0 radical (unpaired) electrons. The van der Waals surface area contributed by atoms with Crippen molar-refractivity contribution in [2.24, 2.45) is 0 Å². The van der Waals surface area contributed by atoms with Gasteiger partial charge in [0.25, 0.3) is 5.91 Å². The molecule has 0 bridgehead atoms. The second kappa shape index (κ2) is 10.7. The smallest absolute Gasteiger partial charge is 0.261 e. The number of ether oxygens (including phenoxy) is 3. The molecule has 2 aromatic carbocycles. The van der Waals surface area contributed by atoms with Crippen molar-refractivity contribution < 1.29 is 23.8 Å². The predicted octanol–water partition coefficient (Wildman–Crippen LogP) is 3.41. The normalized spacial score (nSPS) is 11.9. The zero-order chi connectivity index (χ0) is 23.0. The summed E-state index contributed by atoms with van der Waals surface area (Å²) < 4.78 is 16.3. The maximum Gasteiger partial charge on any atom is 0.261 e. The molecule has 2 rings (SSSR count). The first-order valence-corrected chi connectivity index (χ1v) is 10.1. The summed E-state index contributed by atoms with van der Waals surface area (Å²) in [5, 5.41) is 2.94. The molecule has 2 amide bonds. The first-order chi connectivity index (χ1) is 14.6. The van der Waals surface area contributed by atoms with Crippen molar-refractivity contribution in [3.8, 4) is 17.2 Å². The van der Waals surface area contributed by atoms with Gasteiger partial charge in [-0.1, -0.05) is 24.3 Å². The third-order valence-electron chi connectivity index (χ3n) is 4.57. The average Bonchev–Trinajstić information content (AvgIpc) is 2.74. The Balaban J connectivity index is 2.22. The number of hydrogen-bond donors (Lipinski definition) is 1. The molecule has 0 saturated heterocycles. The van der Waals surface area contributed by atoms with Crippen molar-refractivity contribution in [3.05, 3.63) is 54.1 Å². The summed E-state index contributed by atoms with van der Waals surface area (Å²) in [7, 11) is 3.13. The van der Waals surface area contributed by atoms with Gasteiger partial charge in [0.05, 0.1) is 14.2 Å². The number of nitrogens with one attached hydrogen (secondary N) is 1. The number of para-hydroxylation sites is 2. The van der Waals surface area contributed by atoms with Gasteiger partial charge in [0.2, 0.25) is 5.91 Å². The van der Waals surface area contributed by atoms with E-state index in [4.69, 9.17) is 14.2 Å². The molecule has 0 aliphatic rings. The van der Waals surface area contributed by atoms with Crippen LogP contribution in [0.15, 0.2) is 48.5 Å². The molecule has 31 heavy (non-hydrogen) atoms. The Bertz CT molecular complexity index is 892. The van der Waals surface area contributed by atoms with Gasteiger partial charge in [-0.2, -0.15) is 0 Å². The van der Waals surface area contributed by atoms with E-state index in [1.165, 1.54) is 12.0 Å². The lowest BCUT2D eigenvalue weighted by Gasteiger charge is -2.31. The Hall–Kier alpha value is -3.22. The lowest BCUT2D eigenvalue weighted by molar-refractivity contribution is -0.142. The molecule has 7 heteroatoms. The third-order valence-corrected chi connectivity index (χ3v) is 4.57. The Morgan fingerprint density at radius 2 is 1.68 bits per heavy atom.